The maximum Gasteiger partial charge on any atom is 0.242 e. The molecule has 0 unspecified atom stereocenters. The Kier molecular flexibility index (Phi) is 5.54. The third kappa shape index (κ3) is 3.48. The van der Waals surface area contributed by atoms with Crippen LogP contribution >= 0.6 is 34.8 Å². The van der Waals surface area contributed by atoms with Gasteiger partial charge in [-0.05, 0) is 18.6 Å². The van der Waals surface area contributed by atoms with Gasteiger partial charge >= 0.3 is 0 Å². The van der Waals surface area contributed by atoms with Crippen LogP contribution in [0.1, 0.15) is 18.9 Å². The smallest absolute Gasteiger partial charge is 0.211 e. The number of nitrogens with one attached hydrogen (secondary N) is 1. The molecule has 0 fully saturated rings. The highest BCUT2D eigenvalue weighted by Crippen LogP contribution is 2.32. The molecule has 0 saturated carbocycles. The minimum absolute atomic E-state index is 0.00710. The Morgan fingerprint density at radius 1 is 1.29 bits per heavy atom. The van der Waals surface area contributed by atoms with Crippen LogP contribution in [0.25, 0.3) is 0 Å². The number of hydrogen-bond acceptors (Lipinski definition) is 2. The summed E-state index contributed by atoms with van der Waals surface area (Å²) in [4.78, 5) is 0.00710. The summed E-state index contributed by atoms with van der Waals surface area (Å²) in [5.74, 6) is 0.0643. The van der Waals surface area contributed by atoms with Gasteiger partial charge < -0.3 is 0 Å². The van der Waals surface area contributed by atoms with Gasteiger partial charge in [-0.1, -0.05) is 30.1 Å². The van der Waals surface area contributed by atoms with Crippen molar-refractivity contribution in [1.82, 2.24) is 4.72 Å². The fraction of sp³-hybridized carbons (Fsp3) is 0.400. The van der Waals surface area contributed by atoms with Crippen LogP contribution in [-0.2, 0) is 15.9 Å². The molecule has 0 aliphatic heterocycles. The summed E-state index contributed by atoms with van der Waals surface area (Å²) >= 11 is 17.5. The molecule has 3 nitrogen and oxygen atoms in total. The lowest BCUT2D eigenvalue weighted by atomic mass is 10.2. The fourth-order valence-corrected chi connectivity index (χ4v) is 3.68. The molecule has 0 aliphatic rings. The molecule has 0 heterocycles. The Morgan fingerprint density at radius 2 is 1.94 bits per heavy atom. The zero-order chi connectivity index (χ0) is 13.1. The Labute approximate surface area is 116 Å². The number of halogens is 3. The minimum Gasteiger partial charge on any atom is -0.211 e. The van der Waals surface area contributed by atoms with E-state index in [-0.39, 0.29) is 15.8 Å². The number of benzene rings is 1. The maximum absolute atomic E-state index is 11.9. The summed E-state index contributed by atoms with van der Waals surface area (Å²) in [6.45, 7) is 2.23. The predicted octanol–water partition coefficient (Wildman–Crippen LogP) is 3.42. The lowest BCUT2D eigenvalue weighted by molar-refractivity contribution is 0.581. The van der Waals surface area contributed by atoms with E-state index in [9.17, 15) is 8.42 Å². The van der Waals surface area contributed by atoms with Crippen molar-refractivity contribution in [3.05, 3.63) is 27.7 Å². The molecule has 96 valence electrons. The first kappa shape index (κ1) is 15.1. The molecule has 0 atom stereocenters. The molecule has 1 aromatic carbocycles. The minimum atomic E-state index is -3.60. The first-order chi connectivity index (χ1) is 7.94. The second-order valence-corrected chi connectivity index (χ2v) is 6.16. The highest BCUT2D eigenvalue weighted by Gasteiger charge is 2.20. The molecule has 0 aromatic heterocycles. The monoisotopic (exact) mass is 315 g/mol. The van der Waals surface area contributed by atoms with E-state index in [0.717, 1.165) is 0 Å². The highest BCUT2D eigenvalue weighted by molar-refractivity contribution is 7.89. The van der Waals surface area contributed by atoms with Crippen molar-refractivity contribution in [1.29, 1.82) is 0 Å². The second-order valence-electron chi connectivity index (χ2n) is 3.37. The summed E-state index contributed by atoms with van der Waals surface area (Å²) in [6, 6.07) is 2.85. The van der Waals surface area contributed by atoms with Gasteiger partial charge in [-0.25, -0.2) is 13.1 Å². The van der Waals surface area contributed by atoms with Crippen LogP contribution in [0.2, 0.25) is 10.0 Å². The van der Waals surface area contributed by atoms with Crippen molar-refractivity contribution in [2.24, 2.45) is 0 Å². The standard InChI is InChI=1S/C10H12Cl3NO2S/c1-2-5-14-17(15,16)9-4-3-8(12)7(6-11)10(9)13/h3-4,14H,2,5-6H2,1H3. The first-order valence-electron chi connectivity index (χ1n) is 4.96. The van der Waals surface area contributed by atoms with Crippen LogP contribution in [0.4, 0.5) is 0 Å². The van der Waals surface area contributed by atoms with Gasteiger partial charge in [0.2, 0.25) is 10.0 Å². The Morgan fingerprint density at radius 3 is 2.47 bits per heavy atom. The molecule has 1 aromatic rings. The average molecular weight is 317 g/mol. The summed E-state index contributed by atoms with van der Waals surface area (Å²) in [6.07, 6.45) is 0.701. The summed E-state index contributed by atoms with van der Waals surface area (Å²) in [7, 11) is -3.60. The molecular weight excluding hydrogens is 305 g/mol. The van der Waals surface area contributed by atoms with E-state index < -0.39 is 10.0 Å². The molecule has 0 saturated heterocycles. The van der Waals surface area contributed by atoms with Gasteiger partial charge in [-0.15, -0.1) is 11.6 Å². The molecule has 0 amide bonds. The number of hydrogen-bond donors (Lipinski definition) is 1. The van der Waals surface area contributed by atoms with Gasteiger partial charge in [0.1, 0.15) is 4.90 Å². The average Bonchev–Trinajstić information content (AvgIpc) is 2.26. The van der Waals surface area contributed by atoms with Gasteiger partial charge in [0.25, 0.3) is 0 Å². The Balaban J connectivity index is 3.24. The van der Waals surface area contributed by atoms with E-state index in [1.54, 1.807) is 0 Å². The van der Waals surface area contributed by atoms with Crippen LogP contribution in [0, 0.1) is 0 Å². The summed E-state index contributed by atoms with van der Waals surface area (Å²) in [5.41, 5.74) is 0.425. The molecule has 0 bridgehead atoms. The van der Waals surface area contributed by atoms with Crippen molar-refractivity contribution >= 4 is 44.8 Å². The number of sulfonamides is 1. The zero-order valence-electron chi connectivity index (χ0n) is 9.13. The maximum atomic E-state index is 11.9. The van der Waals surface area contributed by atoms with E-state index in [1.165, 1.54) is 12.1 Å². The summed E-state index contributed by atoms with van der Waals surface area (Å²) < 4.78 is 26.3. The van der Waals surface area contributed by atoms with Gasteiger partial charge in [0.15, 0.2) is 0 Å². The van der Waals surface area contributed by atoms with E-state index in [4.69, 9.17) is 34.8 Å². The topological polar surface area (TPSA) is 46.2 Å². The van der Waals surface area contributed by atoms with Gasteiger partial charge in [0, 0.05) is 17.1 Å². The van der Waals surface area contributed by atoms with Crippen molar-refractivity contribution in [3.63, 3.8) is 0 Å². The largest absolute Gasteiger partial charge is 0.242 e. The van der Waals surface area contributed by atoms with Crippen LogP contribution in [0.3, 0.4) is 0 Å². The molecule has 7 heteroatoms. The molecule has 0 aliphatic carbocycles. The molecule has 0 radical (unpaired) electrons. The number of alkyl halides is 1. The van der Waals surface area contributed by atoms with Crippen LogP contribution in [-0.4, -0.2) is 15.0 Å². The predicted molar refractivity (Wildman–Crippen MR) is 71.5 cm³/mol. The van der Waals surface area contributed by atoms with Crippen LogP contribution in [0.15, 0.2) is 17.0 Å². The van der Waals surface area contributed by atoms with Gasteiger partial charge in [-0.2, -0.15) is 0 Å². The third-order valence-electron chi connectivity index (χ3n) is 2.12. The van der Waals surface area contributed by atoms with E-state index in [2.05, 4.69) is 4.72 Å². The second kappa shape index (κ2) is 6.25. The lowest BCUT2D eigenvalue weighted by Gasteiger charge is -2.11. The Hall–Kier alpha value is -0.000000000000000167. The SMILES string of the molecule is CCCNS(=O)(=O)c1ccc(Cl)c(CCl)c1Cl. The van der Waals surface area contributed by atoms with Gasteiger partial charge in [0.05, 0.1) is 10.9 Å². The van der Waals surface area contributed by atoms with Crippen molar-refractivity contribution in [2.75, 3.05) is 6.54 Å². The van der Waals surface area contributed by atoms with Crippen LogP contribution < -0.4 is 4.72 Å². The molecule has 0 spiro atoms. The molecule has 1 rings (SSSR count). The molecule has 1 N–H and O–H groups in total. The van der Waals surface area contributed by atoms with Crippen molar-refractivity contribution in [3.8, 4) is 0 Å². The van der Waals surface area contributed by atoms with Gasteiger partial charge in [-0.3, -0.25) is 0 Å². The third-order valence-corrected chi connectivity index (χ3v) is 4.78. The summed E-state index contributed by atoms with van der Waals surface area (Å²) in [5, 5.41) is 0.440. The highest BCUT2D eigenvalue weighted by atomic mass is 35.5. The normalized spacial score (nSPS) is 11.8. The van der Waals surface area contributed by atoms with E-state index in [0.29, 0.717) is 23.6 Å². The zero-order valence-corrected chi connectivity index (χ0v) is 12.2. The van der Waals surface area contributed by atoms with E-state index in [1.807, 2.05) is 6.92 Å². The quantitative estimate of drug-likeness (QED) is 0.846. The Bertz CT molecular complexity index is 503. The number of rotatable bonds is 5. The molecule has 17 heavy (non-hydrogen) atoms. The molecular formula is C10H12Cl3NO2S. The van der Waals surface area contributed by atoms with Crippen molar-refractivity contribution in [2.45, 2.75) is 24.1 Å². The lowest BCUT2D eigenvalue weighted by Crippen LogP contribution is -2.24. The van der Waals surface area contributed by atoms with E-state index >= 15 is 0 Å². The van der Waals surface area contributed by atoms with Crippen LogP contribution in [0.5, 0.6) is 0 Å². The first-order valence-corrected chi connectivity index (χ1v) is 7.74. The fourth-order valence-electron chi connectivity index (χ4n) is 1.22. The van der Waals surface area contributed by atoms with Crippen molar-refractivity contribution < 1.29 is 8.42 Å².